The fraction of sp³-hybridized carbons (Fsp3) is 0.233. The topological polar surface area (TPSA) is 58.6 Å². The fourth-order valence-corrected chi connectivity index (χ4v) is 5.18. The van der Waals surface area contributed by atoms with E-state index in [0.717, 1.165) is 23.1 Å². The van der Waals surface area contributed by atoms with Gasteiger partial charge in [0.15, 0.2) is 0 Å². The molecule has 4 nitrogen and oxygen atoms in total. The van der Waals surface area contributed by atoms with Crippen molar-refractivity contribution in [1.82, 2.24) is 5.32 Å². The largest absolute Gasteiger partial charge is 0.489 e. The Kier molecular flexibility index (Phi) is 7.99. The molecular weight excluding hydrogens is 515 g/mol. The number of benzene rings is 4. The third-order valence-corrected chi connectivity index (χ3v) is 7.01. The van der Waals surface area contributed by atoms with Crippen LogP contribution in [0.1, 0.15) is 57.9 Å². The molecule has 4 aromatic carbocycles. The molecule has 0 amide bonds. The van der Waals surface area contributed by atoms with Gasteiger partial charge in [-0.05, 0) is 53.4 Å². The van der Waals surface area contributed by atoms with Crippen molar-refractivity contribution < 1.29 is 27.8 Å². The van der Waals surface area contributed by atoms with E-state index >= 15 is 0 Å². The lowest BCUT2D eigenvalue weighted by molar-refractivity contribution is -0.138. The number of nitrogens with one attached hydrogen (secondary N) is 1. The van der Waals surface area contributed by atoms with Gasteiger partial charge in [0.2, 0.25) is 0 Å². The van der Waals surface area contributed by atoms with Gasteiger partial charge in [0.05, 0.1) is 11.1 Å². The van der Waals surface area contributed by atoms with Crippen molar-refractivity contribution in [3.8, 4) is 5.75 Å². The predicted molar refractivity (Wildman–Crippen MR) is 143 cm³/mol. The zero-order valence-electron chi connectivity index (χ0n) is 20.5. The van der Waals surface area contributed by atoms with Crippen LogP contribution in [-0.4, -0.2) is 23.7 Å². The maximum Gasteiger partial charge on any atom is 0.417 e. The quantitative estimate of drug-likeness (QED) is 0.264. The van der Waals surface area contributed by atoms with E-state index in [1.54, 1.807) is 0 Å². The van der Waals surface area contributed by atoms with Crippen LogP contribution in [0, 0.1) is 0 Å². The molecule has 0 aliphatic carbocycles. The summed E-state index contributed by atoms with van der Waals surface area (Å²) in [4.78, 5) is 11.7. The van der Waals surface area contributed by atoms with Crippen molar-refractivity contribution in [2.75, 3.05) is 6.54 Å². The number of aromatic carboxylic acids is 1. The second-order valence-electron chi connectivity index (χ2n) is 9.37. The average molecular weight is 542 g/mol. The number of halogens is 4. The summed E-state index contributed by atoms with van der Waals surface area (Å²) >= 11 is 0. The number of carbonyl (C=O) groups is 1. The molecular formula is C30H27ClF3NO3. The third-order valence-electron chi connectivity index (χ3n) is 7.01. The molecule has 2 N–H and O–H groups in total. The smallest absolute Gasteiger partial charge is 0.417 e. The molecule has 0 radical (unpaired) electrons. The second kappa shape index (κ2) is 11.1. The van der Waals surface area contributed by atoms with Gasteiger partial charge in [0, 0.05) is 24.1 Å². The van der Waals surface area contributed by atoms with Gasteiger partial charge in [-0.1, -0.05) is 66.7 Å². The standard InChI is InChI=1S/C30H26F3NO3.ClH/c1-18(22-11-6-8-19-7-2-3-9-23(19)22)34-17-21-16-25(24-10-4-5-12-28(24)37-21)20-13-14-27(30(31,32)33)26(15-20)29(35)36;/h2-15,18,21,25,34H,16-17H2,1H3,(H,35,36);1H/t18-,21?,25?;/m1./s1. The van der Waals surface area contributed by atoms with Crippen LogP contribution >= 0.6 is 12.4 Å². The molecule has 38 heavy (non-hydrogen) atoms. The normalized spacial score (nSPS) is 17.7. The molecule has 0 saturated carbocycles. The molecule has 1 aliphatic rings. The van der Waals surface area contributed by atoms with Crippen molar-refractivity contribution >= 4 is 29.1 Å². The Hall–Kier alpha value is -3.55. The lowest BCUT2D eigenvalue weighted by atomic mass is 9.83. The van der Waals surface area contributed by atoms with Crippen LogP contribution in [0.4, 0.5) is 13.2 Å². The van der Waals surface area contributed by atoms with Crippen molar-refractivity contribution in [2.24, 2.45) is 0 Å². The van der Waals surface area contributed by atoms with Crippen LogP contribution < -0.4 is 10.1 Å². The Bertz CT molecular complexity index is 1450. The number of carboxylic acid groups (broad SMARTS) is 1. The second-order valence-corrected chi connectivity index (χ2v) is 9.37. The van der Waals surface area contributed by atoms with Crippen LogP contribution in [-0.2, 0) is 6.18 Å². The molecule has 8 heteroatoms. The fourth-order valence-electron chi connectivity index (χ4n) is 5.18. The van der Waals surface area contributed by atoms with Gasteiger partial charge in [-0.3, -0.25) is 0 Å². The first-order valence-electron chi connectivity index (χ1n) is 12.1. The molecule has 5 rings (SSSR count). The maximum absolute atomic E-state index is 13.4. The number of para-hydroxylation sites is 1. The van der Waals surface area contributed by atoms with E-state index < -0.39 is 23.3 Å². The molecule has 2 unspecified atom stereocenters. The SMILES string of the molecule is C[C@@H](NCC1CC(c2ccc(C(F)(F)F)c(C(=O)O)c2)c2ccccc2O1)c1cccc2ccccc12.Cl. The molecule has 1 aliphatic heterocycles. The lowest BCUT2D eigenvalue weighted by Gasteiger charge is -2.33. The van der Waals surface area contributed by atoms with Crippen LogP contribution in [0.25, 0.3) is 10.8 Å². The molecule has 0 bridgehead atoms. The minimum absolute atomic E-state index is 0. The number of hydrogen-bond donors (Lipinski definition) is 2. The van der Waals surface area contributed by atoms with Crippen LogP contribution in [0.5, 0.6) is 5.75 Å². The van der Waals surface area contributed by atoms with Crippen molar-refractivity contribution in [3.05, 3.63) is 113 Å². The van der Waals surface area contributed by atoms with Gasteiger partial charge in [-0.25, -0.2) is 4.79 Å². The Balaban J connectivity index is 0.00000336. The van der Waals surface area contributed by atoms with Gasteiger partial charge in [0.1, 0.15) is 11.9 Å². The number of fused-ring (bicyclic) bond motifs is 2. The average Bonchev–Trinajstić information content (AvgIpc) is 2.90. The Morgan fingerprint density at radius 1 is 1.03 bits per heavy atom. The minimum atomic E-state index is -4.75. The molecule has 0 fully saturated rings. The monoisotopic (exact) mass is 541 g/mol. The zero-order valence-corrected chi connectivity index (χ0v) is 21.4. The number of rotatable bonds is 6. The van der Waals surface area contributed by atoms with Crippen LogP contribution in [0.15, 0.2) is 84.9 Å². The highest BCUT2D eigenvalue weighted by Crippen LogP contribution is 2.42. The summed E-state index contributed by atoms with van der Waals surface area (Å²) in [5.41, 5.74) is 0.629. The Morgan fingerprint density at radius 2 is 1.74 bits per heavy atom. The molecule has 3 atom stereocenters. The number of hydrogen-bond acceptors (Lipinski definition) is 3. The minimum Gasteiger partial charge on any atom is -0.489 e. The van der Waals surface area contributed by atoms with E-state index in [2.05, 4.69) is 36.5 Å². The first-order chi connectivity index (χ1) is 17.7. The summed E-state index contributed by atoms with van der Waals surface area (Å²) < 4.78 is 46.5. The van der Waals surface area contributed by atoms with E-state index in [1.807, 2.05) is 42.5 Å². The van der Waals surface area contributed by atoms with Crippen molar-refractivity contribution in [2.45, 2.75) is 37.6 Å². The molecule has 1 heterocycles. The highest BCUT2D eigenvalue weighted by atomic mass is 35.5. The molecule has 0 spiro atoms. The Morgan fingerprint density at radius 3 is 2.50 bits per heavy atom. The summed E-state index contributed by atoms with van der Waals surface area (Å²) in [6, 6.07) is 25.2. The van der Waals surface area contributed by atoms with E-state index in [-0.39, 0.29) is 30.5 Å². The van der Waals surface area contributed by atoms with Crippen molar-refractivity contribution in [3.63, 3.8) is 0 Å². The van der Waals surface area contributed by atoms with Gasteiger partial charge in [-0.15, -0.1) is 12.4 Å². The third kappa shape index (κ3) is 5.49. The van der Waals surface area contributed by atoms with Gasteiger partial charge < -0.3 is 15.2 Å². The maximum atomic E-state index is 13.4. The van der Waals surface area contributed by atoms with Crippen LogP contribution in [0.2, 0.25) is 0 Å². The Labute approximate surface area is 224 Å². The van der Waals surface area contributed by atoms with Crippen LogP contribution in [0.3, 0.4) is 0 Å². The van der Waals surface area contributed by atoms with E-state index in [0.29, 0.717) is 24.3 Å². The van der Waals surface area contributed by atoms with E-state index in [9.17, 15) is 23.1 Å². The van der Waals surface area contributed by atoms with Gasteiger partial charge in [0.25, 0.3) is 0 Å². The van der Waals surface area contributed by atoms with E-state index in [1.165, 1.54) is 17.0 Å². The number of alkyl halides is 3. The predicted octanol–water partition coefficient (Wildman–Crippen LogP) is 7.61. The molecule has 0 aromatic heterocycles. The number of carboxylic acids is 1. The summed E-state index contributed by atoms with van der Waals surface area (Å²) in [5.74, 6) is -1.25. The molecule has 4 aromatic rings. The highest BCUT2D eigenvalue weighted by molar-refractivity contribution is 5.90. The summed E-state index contributed by atoms with van der Waals surface area (Å²) in [6.07, 6.45) is -4.51. The van der Waals surface area contributed by atoms with Gasteiger partial charge >= 0.3 is 12.1 Å². The first kappa shape index (κ1) is 27.5. The summed E-state index contributed by atoms with van der Waals surface area (Å²) in [6.45, 7) is 2.60. The zero-order chi connectivity index (χ0) is 26.2. The first-order valence-corrected chi connectivity index (χ1v) is 12.1. The van der Waals surface area contributed by atoms with Crippen molar-refractivity contribution in [1.29, 1.82) is 0 Å². The summed E-state index contributed by atoms with van der Waals surface area (Å²) in [7, 11) is 0. The lowest BCUT2D eigenvalue weighted by Crippen LogP contribution is -2.37. The molecule has 198 valence electrons. The van der Waals surface area contributed by atoms with Gasteiger partial charge in [-0.2, -0.15) is 13.2 Å². The molecule has 0 saturated heterocycles. The summed E-state index contributed by atoms with van der Waals surface area (Å²) in [5, 5.41) is 15.4. The van der Waals surface area contributed by atoms with E-state index in [4.69, 9.17) is 4.74 Å². The highest BCUT2D eigenvalue weighted by Gasteiger charge is 2.37. The number of ether oxygens (including phenoxy) is 1.